The van der Waals surface area contributed by atoms with E-state index in [-0.39, 0.29) is 11.4 Å². The highest BCUT2D eigenvalue weighted by atomic mass is 79.9. The first-order chi connectivity index (χ1) is 6.87. The van der Waals surface area contributed by atoms with Gasteiger partial charge in [0.25, 0.3) is 5.91 Å². The molecule has 1 aromatic rings. The second-order valence-corrected chi connectivity index (χ2v) is 4.80. The molecule has 84 valence electrons. The first-order valence-corrected chi connectivity index (χ1v) is 5.86. The fraction of sp³-hybridized carbons (Fsp3) is 0.600. The van der Waals surface area contributed by atoms with Gasteiger partial charge in [0.15, 0.2) is 0 Å². The van der Waals surface area contributed by atoms with Crippen LogP contribution in [0.25, 0.3) is 0 Å². The number of alkyl halides is 1. The van der Waals surface area contributed by atoms with Gasteiger partial charge >= 0.3 is 0 Å². The third-order valence-corrected chi connectivity index (χ3v) is 3.67. The van der Waals surface area contributed by atoms with Gasteiger partial charge in [-0.3, -0.25) is 9.48 Å². The number of hydrogen-bond acceptors (Lipinski definition) is 2. The number of carbonyl (C=O) groups is 1. The summed E-state index contributed by atoms with van der Waals surface area (Å²) in [6, 6.07) is 0. The number of nitrogens with zero attached hydrogens (tertiary/aromatic N) is 2. The molecule has 0 aliphatic rings. The number of halogens is 1. The molecule has 0 radical (unpaired) electrons. The maximum Gasteiger partial charge on any atom is 0.255 e. The molecule has 1 rings (SSSR count). The van der Waals surface area contributed by atoms with Crippen molar-refractivity contribution in [3.63, 3.8) is 0 Å². The predicted molar refractivity (Wildman–Crippen MR) is 63.3 cm³/mol. The maximum absolute atomic E-state index is 11.9. The van der Waals surface area contributed by atoms with Gasteiger partial charge in [-0.15, -0.1) is 0 Å². The third-order valence-electron chi connectivity index (χ3n) is 2.27. The Morgan fingerprint density at radius 3 is 2.67 bits per heavy atom. The van der Waals surface area contributed by atoms with Crippen LogP contribution in [0.3, 0.4) is 0 Å². The minimum atomic E-state index is -0.251. The Hall–Kier alpha value is -0.840. The normalized spacial score (nSPS) is 11.5. The van der Waals surface area contributed by atoms with Gasteiger partial charge in [0.2, 0.25) is 0 Å². The fourth-order valence-electron chi connectivity index (χ4n) is 1.13. The van der Waals surface area contributed by atoms with Crippen LogP contribution in [0.5, 0.6) is 0 Å². The van der Waals surface area contributed by atoms with E-state index in [0.29, 0.717) is 10.9 Å². The topological polar surface area (TPSA) is 46.9 Å². The van der Waals surface area contributed by atoms with Crippen molar-refractivity contribution >= 4 is 21.8 Å². The van der Waals surface area contributed by atoms with Gasteiger partial charge in [0.1, 0.15) is 0 Å². The van der Waals surface area contributed by atoms with Crippen molar-refractivity contribution in [1.29, 1.82) is 0 Å². The molecule has 0 aliphatic carbocycles. The van der Waals surface area contributed by atoms with E-state index in [0.717, 1.165) is 5.69 Å². The summed E-state index contributed by atoms with van der Waals surface area (Å²) in [6.07, 6.45) is 1.59. The largest absolute Gasteiger partial charge is 0.346 e. The van der Waals surface area contributed by atoms with Crippen LogP contribution >= 0.6 is 15.9 Å². The summed E-state index contributed by atoms with van der Waals surface area (Å²) in [5.41, 5.74) is 1.25. The number of nitrogens with one attached hydrogen (secondary N) is 1. The molecule has 5 heteroatoms. The Bertz CT molecular complexity index is 371. The monoisotopic (exact) mass is 273 g/mol. The van der Waals surface area contributed by atoms with Gasteiger partial charge in [-0.25, -0.2) is 0 Å². The van der Waals surface area contributed by atoms with E-state index in [4.69, 9.17) is 0 Å². The Kier molecular flexibility index (Phi) is 3.54. The summed E-state index contributed by atoms with van der Waals surface area (Å²) < 4.78 is 1.69. The van der Waals surface area contributed by atoms with Crippen LogP contribution in [0.15, 0.2) is 6.20 Å². The number of aryl methyl sites for hydroxylation is 1. The molecule has 4 nitrogen and oxygen atoms in total. The number of amides is 1. The Balaban J connectivity index is 2.83. The van der Waals surface area contributed by atoms with E-state index in [2.05, 4.69) is 26.3 Å². The highest BCUT2D eigenvalue weighted by Crippen LogP contribution is 2.10. The molecule has 0 saturated heterocycles. The van der Waals surface area contributed by atoms with E-state index in [1.54, 1.807) is 10.9 Å². The summed E-state index contributed by atoms with van der Waals surface area (Å²) in [5, 5.41) is 7.69. The lowest BCUT2D eigenvalue weighted by Crippen LogP contribution is -2.44. The van der Waals surface area contributed by atoms with Gasteiger partial charge in [-0.1, -0.05) is 15.9 Å². The average molecular weight is 274 g/mol. The molecular formula is C10H16BrN3O. The van der Waals surface area contributed by atoms with E-state index < -0.39 is 0 Å². The van der Waals surface area contributed by atoms with Gasteiger partial charge in [0, 0.05) is 23.6 Å². The molecule has 0 unspecified atom stereocenters. The number of aromatic nitrogens is 2. The van der Waals surface area contributed by atoms with Gasteiger partial charge in [0.05, 0.1) is 11.8 Å². The summed E-state index contributed by atoms with van der Waals surface area (Å²) in [7, 11) is 1.82. The lowest BCUT2D eigenvalue weighted by Gasteiger charge is -2.23. The molecule has 0 bridgehead atoms. The maximum atomic E-state index is 11.9. The van der Waals surface area contributed by atoms with E-state index in [1.807, 2.05) is 27.8 Å². The number of rotatable bonds is 3. The van der Waals surface area contributed by atoms with Gasteiger partial charge in [-0.05, 0) is 20.8 Å². The van der Waals surface area contributed by atoms with E-state index in [9.17, 15) is 4.79 Å². The molecule has 1 aromatic heterocycles. The van der Waals surface area contributed by atoms with Gasteiger partial charge in [-0.2, -0.15) is 5.10 Å². The molecule has 0 atom stereocenters. The molecule has 0 spiro atoms. The molecular weight excluding hydrogens is 258 g/mol. The molecule has 1 N–H and O–H groups in total. The third kappa shape index (κ3) is 2.81. The fourth-order valence-corrected chi connectivity index (χ4v) is 1.27. The number of carbonyl (C=O) groups excluding carboxylic acids is 1. The zero-order chi connectivity index (χ0) is 11.6. The van der Waals surface area contributed by atoms with Crippen LogP contribution in [-0.2, 0) is 7.05 Å². The van der Waals surface area contributed by atoms with E-state index in [1.165, 1.54) is 0 Å². The van der Waals surface area contributed by atoms with Crippen molar-refractivity contribution in [2.24, 2.45) is 7.05 Å². The summed E-state index contributed by atoms with van der Waals surface area (Å²) in [4.78, 5) is 11.9. The van der Waals surface area contributed by atoms with Crippen LogP contribution in [0.2, 0.25) is 0 Å². The zero-order valence-electron chi connectivity index (χ0n) is 9.47. The summed E-state index contributed by atoms with van der Waals surface area (Å²) in [5.74, 6) is -0.0787. The summed E-state index contributed by atoms with van der Waals surface area (Å²) >= 11 is 3.36. The highest BCUT2D eigenvalue weighted by molar-refractivity contribution is 9.09. The SMILES string of the molecule is Cc1c(C(=O)NC(C)(C)CBr)cnn1C. The average Bonchev–Trinajstić information content (AvgIpc) is 2.47. The molecule has 0 aromatic carbocycles. The molecule has 0 aliphatic heterocycles. The minimum absolute atomic E-state index is 0.0787. The van der Waals surface area contributed by atoms with Crippen LogP contribution in [0, 0.1) is 6.92 Å². The molecule has 0 fully saturated rings. The van der Waals surface area contributed by atoms with Crippen LogP contribution in [-0.4, -0.2) is 26.6 Å². The van der Waals surface area contributed by atoms with Crippen molar-refractivity contribution in [3.05, 3.63) is 17.5 Å². The highest BCUT2D eigenvalue weighted by Gasteiger charge is 2.21. The Morgan fingerprint density at radius 1 is 1.67 bits per heavy atom. The zero-order valence-corrected chi connectivity index (χ0v) is 11.1. The van der Waals surface area contributed by atoms with Crippen molar-refractivity contribution in [1.82, 2.24) is 15.1 Å². The Morgan fingerprint density at radius 2 is 2.27 bits per heavy atom. The molecule has 0 saturated carbocycles. The van der Waals surface area contributed by atoms with Crippen molar-refractivity contribution < 1.29 is 4.79 Å². The lowest BCUT2D eigenvalue weighted by molar-refractivity contribution is 0.0920. The van der Waals surface area contributed by atoms with Crippen molar-refractivity contribution in [2.45, 2.75) is 26.3 Å². The smallest absolute Gasteiger partial charge is 0.255 e. The first-order valence-electron chi connectivity index (χ1n) is 4.74. The van der Waals surface area contributed by atoms with Crippen LogP contribution < -0.4 is 5.32 Å². The quantitative estimate of drug-likeness (QED) is 0.852. The first kappa shape index (κ1) is 12.2. The minimum Gasteiger partial charge on any atom is -0.346 e. The molecule has 15 heavy (non-hydrogen) atoms. The van der Waals surface area contributed by atoms with Crippen molar-refractivity contribution in [2.75, 3.05) is 5.33 Å². The molecule has 1 amide bonds. The molecule has 1 heterocycles. The standard InChI is InChI=1S/C10H16BrN3O/c1-7-8(5-12-14(7)4)9(15)13-10(2,3)6-11/h5H,6H2,1-4H3,(H,13,15). The predicted octanol–water partition coefficient (Wildman–Crippen LogP) is 1.63. The Labute approximate surface area is 98.2 Å². The second kappa shape index (κ2) is 4.35. The second-order valence-electron chi connectivity index (χ2n) is 4.24. The lowest BCUT2D eigenvalue weighted by atomic mass is 10.1. The van der Waals surface area contributed by atoms with Crippen molar-refractivity contribution in [3.8, 4) is 0 Å². The van der Waals surface area contributed by atoms with Crippen LogP contribution in [0.4, 0.5) is 0 Å². The van der Waals surface area contributed by atoms with Crippen LogP contribution in [0.1, 0.15) is 29.9 Å². The van der Waals surface area contributed by atoms with Gasteiger partial charge < -0.3 is 5.32 Å². The number of hydrogen-bond donors (Lipinski definition) is 1. The summed E-state index contributed by atoms with van der Waals surface area (Å²) in [6.45, 7) is 5.81. The van der Waals surface area contributed by atoms with E-state index >= 15 is 0 Å².